The Kier molecular flexibility index (Phi) is 6.06. The monoisotopic (exact) mass is 481 g/mol. The number of aryl methyl sites for hydroxylation is 2. The first-order valence-electron chi connectivity index (χ1n) is 12.0. The number of amides is 1. The summed E-state index contributed by atoms with van der Waals surface area (Å²) in [6, 6.07) is 23.5. The molecule has 36 heavy (non-hydrogen) atoms. The Morgan fingerprint density at radius 3 is 2.17 bits per heavy atom. The number of Topliss-reactive ketones (excluding diaryl/α,β-unsaturated/α-hetero) is 2. The number of carbonyl (C=O) groups is 3. The minimum absolute atomic E-state index is 0.00931. The fourth-order valence-corrected chi connectivity index (χ4v) is 5.00. The molecule has 6 heteroatoms. The number of hydrogen-bond acceptors (Lipinski definition) is 5. The maximum absolute atomic E-state index is 14.5. The number of para-hydroxylation sites is 1. The second-order valence-electron chi connectivity index (χ2n) is 9.14. The van der Waals surface area contributed by atoms with Gasteiger partial charge >= 0.3 is 0 Å². The van der Waals surface area contributed by atoms with Crippen LogP contribution in [0.15, 0.2) is 84.4 Å². The van der Waals surface area contributed by atoms with E-state index in [1.165, 1.54) is 4.90 Å². The molecule has 1 fully saturated rings. The van der Waals surface area contributed by atoms with E-state index in [0.717, 1.165) is 11.1 Å². The molecule has 6 nitrogen and oxygen atoms in total. The quantitative estimate of drug-likeness (QED) is 0.365. The van der Waals surface area contributed by atoms with Gasteiger partial charge in [-0.25, -0.2) is 0 Å². The van der Waals surface area contributed by atoms with Crippen molar-refractivity contribution in [3.63, 3.8) is 0 Å². The van der Waals surface area contributed by atoms with Crippen molar-refractivity contribution in [1.29, 1.82) is 0 Å². The topological polar surface area (TPSA) is 72.9 Å². The van der Waals surface area contributed by atoms with E-state index in [2.05, 4.69) is 0 Å². The van der Waals surface area contributed by atoms with Crippen LogP contribution >= 0.6 is 0 Å². The number of benzene rings is 3. The van der Waals surface area contributed by atoms with Gasteiger partial charge in [-0.1, -0.05) is 77.9 Å². The first-order chi connectivity index (χ1) is 17.4. The smallest absolute Gasteiger partial charge is 0.300 e. The van der Waals surface area contributed by atoms with Crippen molar-refractivity contribution in [2.45, 2.75) is 39.0 Å². The molecule has 2 aliphatic rings. The van der Waals surface area contributed by atoms with Crippen molar-refractivity contribution in [3.05, 3.63) is 107 Å². The SMILES string of the molecule is CCOC1CC2(C(=O)c3ccc(C)cc3)C(=C(c3ccc(C)cc3)O1)C(=O)C(=O)N2c1ccccc1. The summed E-state index contributed by atoms with van der Waals surface area (Å²) in [7, 11) is 0. The van der Waals surface area contributed by atoms with Crippen LogP contribution in [0.2, 0.25) is 0 Å². The van der Waals surface area contributed by atoms with Gasteiger partial charge in [-0.2, -0.15) is 0 Å². The molecule has 2 unspecified atom stereocenters. The highest BCUT2D eigenvalue weighted by molar-refractivity contribution is 6.55. The number of carbonyl (C=O) groups excluding carboxylic acids is 3. The Hall–Kier alpha value is -4.03. The maximum Gasteiger partial charge on any atom is 0.300 e. The molecule has 3 aromatic rings. The number of ether oxygens (including phenoxy) is 2. The standard InChI is InChI=1S/C30H27NO5/c1-4-35-24-18-30(28(33)22-16-12-20(3)13-17-22)25(27(36-24)21-14-10-19(2)11-15-21)26(32)29(34)31(30)23-8-6-5-7-9-23/h5-17,24H,4,18H2,1-3H3. The Balaban J connectivity index is 1.83. The van der Waals surface area contributed by atoms with Crippen LogP contribution in [0.3, 0.4) is 0 Å². The number of ketones is 2. The van der Waals surface area contributed by atoms with Crippen LogP contribution in [0.5, 0.6) is 0 Å². The lowest BCUT2D eigenvalue weighted by Gasteiger charge is -2.43. The van der Waals surface area contributed by atoms with Crippen LogP contribution in [-0.2, 0) is 19.1 Å². The largest absolute Gasteiger partial charge is 0.464 e. The third-order valence-electron chi connectivity index (χ3n) is 6.73. The molecule has 2 atom stereocenters. The minimum Gasteiger partial charge on any atom is -0.464 e. The normalized spacial score (nSPS) is 21.4. The van der Waals surface area contributed by atoms with Crippen LogP contribution in [0.25, 0.3) is 5.76 Å². The number of fused-ring (bicyclic) bond motifs is 1. The molecule has 0 saturated carbocycles. The number of anilines is 1. The van der Waals surface area contributed by atoms with Crippen molar-refractivity contribution < 1.29 is 23.9 Å². The second kappa shape index (κ2) is 9.21. The summed E-state index contributed by atoms with van der Waals surface area (Å²) in [5.41, 5.74) is 1.94. The van der Waals surface area contributed by atoms with Crippen molar-refractivity contribution in [2.75, 3.05) is 11.5 Å². The fourth-order valence-electron chi connectivity index (χ4n) is 5.00. The molecule has 0 aliphatic carbocycles. The van der Waals surface area contributed by atoms with E-state index >= 15 is 0 Å². The Bertz CT molecular complexity index is 1360. The molecule has 182 valence electrons. The summed E-state index contributed by atoms with van der Waals surface area (Å²) in [6.45, 7) is 6.07. The van der Waals surface area contributed by atoms with Gasteiger partial charge in [0.1, 0.15) is 11.3 Å². The molecule has 5 rings (SSSR count). The molecule has 3 aromatic carbocycles. The molecule has 2 heterocycles. The third kappa shape index (κ3) is 3.74. The molecule has 0 N–H and O–H groups in total. The highest BCUT2D eigenvalue weighted by atomic mass is 16.7. The Morgan fingerprint density at radius 1 is 0.944 bits per heavy atom. The van der Waals surface area contributed by atoms with Crippen LogP contribution in [-0.4, -0.2) is 35.9 Å². The molecule has 0 spiro atoms. The molecule has 1 amide bonds. The van der Waals surface area contributed by atoms with Crippen LogP contribution in [0.1, 0.15) is 40.4 Å². The first-order valence-corrected chi connectivity index (χ1v) is 12.0. The summed E-state index contributed by atoms with van der Waals surface area (Å²) in [4.78, 5) is 43.2. The molecule has 0 bridgehead atoms. The zero-order valence-electron chi connectivity index (χ0n) is 20.5. The van der Waals surface area contributed by atoms with Crippen LogP contribution < -0.4 is 4.90 Å². The Labute approximate surface area is 210 Å². The second-order valence-corrected chi connectivity index (χ2v) is 9.14. The zero-order chi connectivity index (χ0) is 25.4. The molecule has 0 radical (unpaired) electrons. The number of nitrogens with zero attached hydrogens (tertiary/aromatic N) is 1. The van der Waals surface area contributed by atoms with Gasteiger partial charge in [0, 0.05) is 29.8 Å². The van der Waals surface area contributed by atoms with E-state index in [-0.39, 0.29) is 23.5 Å². The highest BCUT2D eigenvalue weighted by Gasteiger charge is 2.64. The number of hydrogen-bond donors (Lipinski definition) is 0. The van der Waals surface area contributed by atoms with Gasteiger partial charge in [0.25, 0.3) is 11.7 Å². The summed E-state index contributed by atoms with van der Waals surface area (Å²) < 4.78 is 12.1. The van der Waals surface area contributed by atoms with Gasteiger partial charge in [0.15, 0.2) is 5.78 Å². The fraction of sp³-hybridized carbons (Fsp3) is 0.233. The summed E-state index contributed by atoms with van der Waals surface area (Å²) in [5.74, 6) is -1.65. The average Bonchev–Trinajstić information content (AvgIpc) is 3.12. The maximum atomic E-state index is 14.5. The summed E-state index contributed by atoms with van der Waals surface area (Å²) >= 11 is 0. The summed E-state index contributed by atoms with van der Waals surface area (Å²) in [6.07, 6.45) is -0.848. The minimum atomic E-state index is -1.62. The van der Waals surface area contributed by atoms with Crippen molar-refractivity contribution in [3.8, 4) is 0 Å². The van der Waals surface area contributed by atoms with E-state index in [0.29, 0.717) is 23.4 Å². The van der Waals surface area contributed by atoms with Gasteiger partial charge in [-0.05, 0) is 32.9 Å². The predicted molar refractivity (Wildman–Crippen MR) is 136 cm³/mol. The third-order valence-corrected chi connectivity index (χ3v) is 6.73. The van der Waals surface area contributed by atoms with Crippen molar-refractivity contribution >= 4 is 28.9 Å². The van der Waals surface area contributed by atoms with Gasteiger partial charge in [0.05, 0.1) is 5.57 Å². The molecule has 1 saturated heterocycles. The molecular weight excluding hydrogens is 454 g/mol. The van der Waals surface area contributed by atoms with Gasteiger partial charge < -0.3 is 9.47 Å². The first kappa shape index (κ1) is 23.7. The lowest BCUT2D eigenvalue weighted by Crippen LogP contribution is -2.57. The van der Waals surface area contributed by atoms with E-state index < -0.39 is 23.5 Å². The molecule has 0 aromatic heterocycles. The van der Waals surface area contributed by atoms with Crippen molar-refractivity contribution in [2.24, 2.45) is 0 Å². The van der Waals surface area contributed by atoms with Crippen LogP contribution in [0, 0.1) is 13.8 Å². The molecular formula is C30H27NO5. The average molecular weight is 482 g/mol. The van der Waals surface area contributed by atoms with Gasteiger partial charge in [-0.15, -0.1) is 0 Å². The lowest BCUT2D eigenvalue weighted by molar-refractivity contribution is -0.132. The van der Waals surface area contributed by atoms with E-state index in [9.17, 15) is 14.4 Å². The van der Waals surface area contributed by atoms with Gasteiger partial charge in [0.2, 0.25) is 6.29 Å². The lowest BCUT2D eigenvalue weighted by atomic mass is 9.76. The van der Waals surface area contributed by atoms with E-state index in [1.807, 2.05) is 63.2 Å². The van der Waals surface area contributed by atoms with E-state index in [4.69, 9.17) is 9.47 Å². The molecule has 2 aliphatic heterocycles. The summed E-state index contributed by atoms with van der Waals surface area (Å²) in [5, 5.41) is 0. The number of rotatable bonds is 6. The highest BCUT2D eigenvalue weighted by Crippen LogP contribution is 2.49. The Morgan fingerprint density at radius 2 is 1.56 bits per heavy atom. The predicted octanol–water partition coefficient (Wildman–Crippen LogP) is 5.04. The zero-order valence-corrected chi connectivity index (χ0v) is 20.5. The van der Waals surface area contributed by atoms with Crippen molar-refractivity contribution in [1.82, 2.24) is 0 Å². The van der Waals surface area contributed by atoms with Gasteiger partial charge in [-0.3, -0.25) is 19.3 Å². The van der Waals surface area contributed by atoms with Crippen LogP contribution in [0.4, 0.5) is 5.69 Å². The van der Waals surface area contributed by atoms with E-state index in [1.54, 1.807) is 36.4 Å².